The first kappa shape index (κ1) is 20.9. The van der Waals surface area contributed by atoms with Gasteiger partial charge < -0.3 is 9.73 Å². The summed E-state index contributed by atoms with van der Waals surface area (Å²) in [6.07, 6.45) is 3.34. The number of pyridine rings is 2. The molecule has 0 atom stereocenters. The number of carbonyl (C=O) groups is 1. The van der Waals surface area contributed by atoms with Crippen molar-refractivity contribution >= 4 is 33.7 Å². The van der Waals surface area contributed by atoms with Crippen molar-refractivity contribution in [2.45, 2.75) is 40.7 Å². The van der Waals surface area contributed by atoms with E-state index in [1.54, 1.807) is 23.1 Å². The Morgan fingerprint density at radius 1 is 1.06 bits per heavy atom. The molecular weight excluding hydrogens is 418 g/mol. The maximum atomic E-state index is 13.5. The highest BCUT2D eigenvalue weighted by atomic mass is 16.3. The largest absolute Gasteiger partial charge is 0.466 e. The van der Waals surface area contributed by atoms with Crippen LogP contribution in [0.25, 0.3) is 33.3 Å². The highest BCUT2D eigenvalue weighted by Crippen LogP contribution is 2.30. The average Bonchev–Trinajstić information content (AvgIpc) is 3.42. The molecule has 0 aliphatic heterocycles. The number of fused-ring (bicyclic) bond motifs is 2. The highest BCUT2D eigenvalue weighted by Gasteiger charge is 2.21. The van der Waals surface area contributed by atoms with Crippen molar-refractivity contribution in [3.63, 3.8) is 0 Å². The van der Waals surface area contributed by atoms with Gasteiger partial charge in [-0.25, -0.2) is 14.6 Å². The van der Waals surface area contributed by atoms with Crippen LogP contribution >= 0.6 is 0 Å². The highest BCUT2D eigenvalue weighted by molar-refractivity contribution is 6.13. The fourth-order valence-electron chi connectivity index (χ4n) is 4.18. The van der Waals surface area contributed by atoms with Gasteiger partial charge in [0.15, 0.2) is 11.3 Å². The second-order valence-electron chi connectivity index (χ2n) is 8.56. The van der Waals surface area contributed by atoms with E-state index < -0.39 is 0 Å². The molecule has 5 aromatic heterocycles. The fraction of sp³-hybridized carbons (Fsp3) is 0.292. The van der Waals surface area contributed by atoms with Crippen LogP contribution in [-0.4, -0.2) is 35.4 Å². The Morgan fingerprint density at radius 3 is 2.55 bits per heavy atom. The molecule has 9 nitrogen and oxygen atoms in total. The van der Waals surface area contributed by atoms with Crippen molar-refractivity contribution < 1.29 is 9.21 Å². The van der Waals surface area contributed by atoms with Crippen LogP contribution in [0.2, 0.25) is 0 Å². The lowest BCUT2D eigenvalue weighted by Crippen LogP contribution is -2.13. The van der Waals surface area contributed by atoms with Crippen molar-refractivity contribution in [1.29, 1.82) is 0 Å². The number of nitrogens with one attached hydrogen (secondary N) is 1. The Bertz CT molecular complexity index is 1540. The lowest BCUT2D eigenvalue weighted by Gasteiger charge is -2.11. The molecule has 0 aromatic carbocycles. The van der Waals surface area contributed by atoms with Crippen LogP contribution in [0.1, 0.15) is 47.5 Å². The monoisotopic (exact) mass is 443 g/mol. The normalized spacial score (nSPS) is 11.7. The smallest absolute Gasteiger partial charge is 0.256 e. The molecule has 0 saturated heterocycles. The number of furan rings is 1. The van der Waals surface area contributed by atoms with E-state index in [0.29, 0.717) is 28.0 Å². The van der Waals surface area contributed by atoms with E-state index in [-0.39, 0.29) is 11.9 Å². The van der Waals surface area contributed by atoms with Crippen LogP contribution in [-0.2, 0) is 7.05 Å². The molecule has 0 aliphatic rings. The van der Waals surface area contributed by atoms with Crippen molar-refractivity contribution in [2.75, 3.05) is 5.32 Å². The number of rotatable bonds is 4. The zero-order valence-electron chi connectivity index (χ0n) is 19.5. The molecule has 0 saturated carbocycles. The van der Waals surface area contributed by atoms with Crippen molar-refractivity contribution in [3.05, 3.63) is 53.4 Å². The quantitative estimate of drug-likeness (QED) is 0.431. The summed E-state index contributed by atoms with van der Waals surface area (Å²) >= 11 is 0. The van der Waals surface area contributed by atoms with Gasteiger partial charge in [-0.2, -0.15) is 10.2 Å². The zero-order valence-corrected chi connectivity index (χ0v) is 19.5. The van der Waals surface area contributed by atoms with Gasteiger partial charge in [-0.15, -0.1) is 0 Å². The summed E-state index contributed by atoms with van der Waals surface area (Å²) in [5.74, 6) is 1.29. The van der Waals surface area contributed by atoms with E-state index in [1.807, 2.05) is 58.5 Å². The summed E-state index contributed by atoms with van der Waals surface area (Å²) in [4.78, 5) is 22.8. The molecule has 1 N–H and O–H groups in total. The molecule has 0 unspecified atom stereocenters. The summed E-state index contributed by atoms with van der Waals surface area (Å²) in [6, 6.07) is 5.71. The Labute approximate surface area is 190 Å². The molecule has 33 heavy (non-hydrogen) atoms. The van der Waals surface area contributed by atoms with Crippen LogP contribution in [0.3, 0.4) is 0 Å². The number of hydrogen-bond acceptors (Lipinski definition) is 6. The first-order valence-electron chi connectivity index (χ1n) is 10.8. The third-order valence-electron chi connectivity index (χ3n) is 5.74. The molecule has 0 aliphatic carbocycles. The molecule has 1 amide bonds. The SMILES string of the molecule is Cc1cc(-c2cc(C(=O)Nc3cnc4c(c3)c(C)nn4C)c3cnn(C(C)C)c3n2)c(C)o1. The molecule has 0 bridgehead atoms. The zero-order chi connectivity index (χ0) is 23.4. The minimum absolute atomic E-state index is 0.0912. The maximum absolute atomic E-state index is 13.5. The molecule has 0 spiro atoms. The average molecular weight is 444 g/mol. The van der Waals surface area contributed by atoms with Crippen molar-refractivity contribution in [1.82, 2.24) is 29.5 Å². The first-order chi connectivity index (χ1) is 15.7. The number of nitrogens with zero attached hydrogens (tertiary/aromatic N) is 6. The first-order valence-corrected chi connectivity index (χ1v) is 10.8. The second-order valence-corrected chi connectivity index (χ2v) is 8.56. The molecule has 168 valence electrons. The van der Waals surface area contributed by atoms with Gasteiger partial charge in [-0.05, 0) is 52.8 Å². The van der Waals surface area contributed by atoms with Gasteiger partial charge in [-0.3, -0.25) is 9.48 Å². The predicted molar refractivity (Wildman–Crippen MR) is 126 cm³/mol. The van der Waals surface area contributed by atoms with Crippen molar-refractivity contribution in [3.8, 4) is 11.3 Å². The van der Waals surface area contributed by atoms with E-state index in [0.717, 1.165) is 33.8 Å². The van der Waals surface area contributed by atoms with Gasteiger partial charge in [0.1, 0.15) is 11.5 Å². The maximum Gasteiger partial charge on any atom is 0.256 e. The number of hydrogen-bond donors (Lipinski definition) is 1. The Morgan fingerprint density at radius 2 is 1.85 bits per heavy atom. The Balaban J connectivity index is 1.62. The second kappa shape index (κ2) is 7.54. The number of carbonyl (C=O) groups excluding carboxylic acids is 1. The predicted octanol–water partition coefficient (Wildman–Crippen LogP) is 4.73. The number of aromatic nitrogens is 6. The van der Waals surface area contributed by atoms with Crippen molar-refractivity contribution in [2.24, 2.45) is 7.05 Å². The van der Waals surface area contributed by atoms with Crippen LogP contribution < -0.4 is 5.32 Å². The number of aryl methyl sites for hydroxylation is 4. The van der Waals surface area contributed by atoms with Crippen LogP contribution in [0.4, 0.5) is 5.69 Å². The summed E-state index contributed by atoms with van der Waals surface area (Å²) in [5, 5.41) is 13.5. The molecule has 5 heterocycles. The van der Waals surface area contributed by atoms with Crippen LogP contribution in [0.15, 0.2) is 35.0 Å². The summed E-state index contributed by atoms with van der Waals surface area (Å²) in [7, 11) is 1.85. The van der Waals surface area contributed by atoms with Gasteiger partial charge in [-0.1, -0.05) is 0 Å². The number of anilines is 1. The molecule has 5 aromatic rings. The van der Waals surface area contributed by atoms with E-state index in [2.05, 4.69) is 20.5 Å². The van der Waals surface area contributed by atoms with Gasteiger partial charge >= 0.3 is 0 Å². The van der Waals surface area contributed by atoms with Gasteiger partial charge in [0, 0.05) is 24.0 Å². The molecule has 0 fully saturated rings. The number of amides is 1. The van der Waals surface area contributed by atoms with Crippen LogP contribution in [0.5, 0.6) is 0 Å². The van der Waals surface area contributed by atoms with Crippen LogP contribution in [0, 0.1) is 20.8 Å². The topological polar surface area (TPSA) is 104 Å². The van der Waals surface area contributed by atoms with Gasteiger partial charge in [0.25, 0.3) is 5.91 Å². The lowest BCUT2D eigenvalue weighted by atomic mass is 10.1. The minimum Gasteiger partial charge on any atom is -0.466 e. The molecule has 9 heteroatoms. The van der Waals surface area contributed by atoms with E-state index >= 15 is 0 Å². The van der Waals surface area contributed by atoms with Gasteiger partial charge in [0.05, 0.1) is 40.4 Å². The third-order valence-corrected chi connectivity index (χ3v) is 5.74. The van der Waals surface area contributed by atoms with E-state index in [1.165, 1.54) is 0 Å². The third kappa shape index (κ3) is 3.45. The lowest BCUT2D eigenvalue weighted by molar-refractivity contribution is 0.102. The standard InChI is InChI=1S/C24H25N7O2/c1-12(2)31-23-20(11-26-31)19(9-21(28-23)18-7-13(3)33-15(18)5)24(32)27-16-8-17-14(4)29-30(6)22(17)25-10-16/h7-12H,1-6H3,(H,27,32). The molecule has 0 radical (unpaired) electrons. The fourth-order valence-corrected chi connectivity index (χ4v) is 4.18. The van der Waals surface area contributed by atoms with E-state index in [4.69, 9.17) is 9.40 Å². The van der Waals surface area contributed by atoms with E-state index in [9.17, 15) is 4.79 Å². The Kier molecular flexibility index (Phi) is 4.77. The summed E-state index contributed by atoms with van der Waals surface area (Å²) < 4.78 is 9.26. The Hall–Kier alpha value is -4.01. The minimum atomic E-state index is -0.257. The summed E-state index contributed by atoms with van der Waals surface area (Å²) in [6.45, 7) is 9.77. The summed E-state index contributed by atoms with van der Waals surface area (Å²) in [5.41, 5.74) is 4.89. The van der Waals surface area contributed by atoms with Gasteiger partial charge in [0.2, 0.25) is 0 Å². The molecule has 5 rings (SSSR count). The molecular formula is C24H25N7O2.